The maximum atomic E-state index is 13.0. The van der Waals surface area contributed by atoms with Crippen LogP contribution in [0.2, 0.25) is 5.02 Å². The van der Waals surface area contributed by atoms with Gasteiger partial charge in [-0.3, -0.25) is 9.78 Å². The predicted octanol–water partition coefficient (Wildman–Crippen LogP) is 4.81. The number of carbonyl (C=O) groups excluding carboxylic acids is 1. The van der Waals surface area contributed by atoms with E-state index in [1.165, 1.54) is 19.3 Å². The number of hydrogen-bond acceptors (Lipinski definition) is 8. The summed E-state index contributed by atoms with van der Waals surface area (Å²) in [5.74, 6) is 1.28. The number of imidazole rings is 1. The molecule has 2 atom stereocenters. The summed E-state index contributed by atoms with van der Waals surface area (Å²) in [7, 11) is -3.79. The van der Waals surface area contributed by atoms with Crippen molar-refractivity contribution in [3.63, 3.8) is 0 Å². The topological polar surface area (TPSA) is 119 Å². The van der Waals surface area contributed by atoms with Crippen LogP contribution in [0.25, 0.3) is 22.3 Å². The Morgan fingerprint density at radius 3 is 2.63 bits per heavy atom. The van der Waals surface area contributed by atoms with Crippen molar-refractivity contribution in [2.75, 3.05) is 24.3 Å². The molecule has 3 aromatic heterocycles. The molecule has 10 nitrogen and oxygen atoms in total. The zero-order chi connectivity index (χ0) is 28.7. The number of carbonyl (C=O) groups is 1. The highest BCUT2D eigenvalue weighted by Crippen LogP contribution is 2.39. The van der Waals surface area contributed by atoms with Gasteiger partial charge in [-0.1, -0.05) is 44.2 Å². The monoisotopic (exact) mass is 600 g/mol. The van der Waals surface area contributed by atoms with Gasteiger partial charge in [-0.05, 0) is 49.7 Å². The summed E-state index contributed by atoms with van der Waals surface area (Å²) in [5, 5.41) is 0.439. The van der Waals surface area contributed by atoms with Crippen LogP contribution < -0.4 is 9.62 Å². The molecule has 1 amide bonds. The SMILES string of the molecule is CC1CCC(Cn2c(N3CCO[C@@H]4CCCC[C@H]43)nc3cc(C(=O)NS(C)(=O)=O)nc(-c4cncc(Cl)c4)c32)CC1. The van der Waals surface area contributed by atoms with Gasteiger partial charge in [0, 0.05) is 31.0 Å². The van der Waals surface area contributed by atoms with Crippen LogP contribution in [-0.2, 0) is 21.3 Å². The molecule has 3 aliphatic rings. The Morgan fingerprint density at radius 1 is 1.10 bits per heavy atom. The molecule has 2 aliphatic carbocycles. The lowest BCUT2D eigenvalue weighted by Gasteiger charge is -2.44. The van der Waals surface area contributed by atoms with Gasteiger partial charge in [-0.15, -0.1) is 0 Å². The number of halogens is 1. The van der Waals surface area contributed by atoms with Crippen LogP contribution >= 0.6 is 11.6 Å². The molecular weight excluding hydrogens is 564 g/mol. The second kappa shape index (κ2) is 11.5. The van der Waals surface area contributed by atoms with Crippen molar-refractivity contribution >= 4 is 44.5 Å². The number of fused-ring (bicyclic) bond motifs is 2. The molecule has 6 rings (SSSR count). The molecule has 4 heterocycles. The van der Waals surface area contributed by atoms with Crippen molar-refractivity contribution in [1.29, 1.82) is 0 Å². The van der Waals surface area contributed by atoms with Crippen LogP contribution in [-0.4, -0.2) is 65.4 Å². The van der Waals surface area contributed by atoms with E-state index in [2.05, 4.69) is 21.4 Å². The highest BCUT2D eigenvalue weighted by Gasteiger charge is 2.37. The maximum Gasteiger partial charge on any atom is 0.283 e. The van der Waals surface area contributed by atoms with Crippen molar-refractivity contribution in [3.8, 4) is 11.3 Å². The Labute approximate surface area is 245 Å². The number of sulfonamides is 1. The van der Waals surface area contributed by atoms with Gasteiger partial charge < -0.3 is 14.2 Å². The number of nitrogens with zero attached hydrogens (tertiary/aromatic N) is 5. The van der Waals surface area contributed by atoms with E-state index in [1.54, 1.807) is 24.5 Å². The standard InChI is InChI=1S/C29H37ClN6O4S/c1-18-7-9-19(10-8-18)17-36-27-22(33-29(36)35-11-12-40-25-6-4-3-5-24(25)35)14-23(28(37)34-41(2,38)39)32-26(27)20-13-21(30)16-31-15-20/h13-16,18-19,24-25H,3-12,17H2,1-2H3,(H,34,37)/t18?,19?,24-,25-/m1/s1. The first-order valence-corrected chi connectivity index (χ1v) is 16.9. The van der Waals surface area contributed by atoms with E-state index in [-0.39, 0.29) is 17.8 Å². The smallest absolute Gasteiger partial charge is 0.283 e. The first-order valence-electron chi connectivity index (χ1n) is 14.6. The maximum absolute atomic E-state index is 13.0. The average molecular weight is 601 g/mol. The molecule has 0 unspecified atom stereocenters. The zero-order valence-electron chi connectivity index (χ0n) is 23.6. The van der Waals surface area contributed by atoms with Gasteiger partial charge in [0.25, 0.3) is 5.91 Å². The van der Waals surface area contributed by atoms with Crippen molar-refractivity contribution in [2.24, 2.45) is 11.8 Å². The van der Waals surface area contributed by atoms with E-state index in [4.69, 9.17) is 26.3 Å². The van der Waals surface area contributed by atoms with E-state index < -0.39 is 15.9 Å². The van der Waals surface area contributed by atoms with E-state index >= 15 is 0 Å². The molecule has 0 aromatic carbocycles. The van der Waals surface area contributed by atoms with Crippen LogP contribution in [0.4, 0.5) is 5.95 Å². The Balaban J connectivity index is 1.54. The minimum atomic E-state index is -3.79. The Morgan fingerprint density at radius 2 is 1.88 bits per heavy atom. The van der Waals surface area contributed by atoms with Crippen LogP contribution in [0.3, 0.4) is 0 Å². The summed E-state index contributed by atoms with van der Waals surface area (Å²) in [4.78, 5) is 29.6. The van der Waals surface area contributed by atoms with Gasteiger partial charge >= 0.3 is 0 Å². The van der Waals surface area contributed by atoms with Gasteiger partial charge in [0.1, 0.15) is 5.69 Å². The number of nitrogens with one attached hydrogen (secondary N) is 1. The molecule has 0 bridgehead atoms. The van der Waals surface area contributed by atoms with Crippen molar-refractivity contribution in [3.05, 3.63) is 35.2 Å². The van der Waals surface area contributed by atoms with Crippen LogP contribution in [0.5, 0.6) is 0 Å². The summed E-state index contributed by atoms with van der Waals surface area (Å²) in [6.45, 7) is 4.47. The number of hydrogen-bond donors (Lipinski definition) is 1. The first-order chi connectivity index (χ1) is 19.7. The molecule has 3 fully saturated rings. The van der Waals surface area contributed by atoms with Crippen LogP contribution in [0.15, 0.2) is 24.5 Å². The van der Waals surface area contributed by atoms with Crippen molar-refractivity contribution in [1.82, 2.24) is 24.2 Å². The third kappa shape index (κ3) is 6.08. The molecule has 0 spiro atoms. The number of pyridine rings is 2. The number of ether oxygens (including phenoxy) is 1. The van der Waals surface area contributed by atoms with Crippen LogP contribution in [0.1, 0.15) is 68.8 Å². The first kappa shape index (κ1) is 28.4. The van der Waals surface area contributed by atoms with E-state index in [0.717, 1.165) is 68.8 Å². The summed E-state index contributed by atoms with van der Waals surface area (Å²) in [5.41, 5.74) is 2.51. The summed E-state index contributed by atoms with van der Waals surface area (Å²) in [6, 6.07) is 3.59. The molecule has 2 saturated carbocycles. The largest absolute Gasteiger partial charge is 0.374 e. The Hall–Kier alpha value is -2.76. The molecule has 1 saturated heterocycles. The molecular formula is C29H37ClN6O4S. The molecule has 41 heavy (non-hydrogen) atoms. The Bertz CT molecular complexity index is 1550. The average Bonchev–Trinajstić information content (AvgIpc) is 3.30. The third-order valence-corrected chi connectivity index (χ3v) is 9.52. The quantitative estimate of drug-likeness (QED) is 0.428. The molecule has 1 aliphatic heterocycles. The number of anilines is 1. The van der Waals surface area contributed by atoms with Gasteiger partial charge in [-0.2, -0.15) is 0 Å². The fraction of sp³-hybridized carbons (Fsp3) is 0.586. The predicted molar refractivity (Wildman–Crippen MR) is 159 cm³/mol. The van der Waals surface area contributed by atoms with Gasteiger partial charge in [0.15, 0.2) is 0 Å². The van der Waals surface area contributed by atoms with Crippen LogP contribution in [0, 0.1) is 11.8 Å². The second-order valence-electron chi connectivity index (χ2n) is 11.9. The van der Waals surface area contributed by atoms with Gasteiger partial charge in [0.2, 0.25) is 16.0 Å². The highest BCUT2D eigenvalue weighted by atomic mass is 35.5. The van der Waals surface area contributed by atoms with E-state index in [9.17, 15) is 13.2 Å². The zero-order valence-corrected chi connectivity index (χ0v) is 25.1. The number of aromatic nitrogens is 4. The van der Waals surface area contributed by atoms with Gasteiger partial charge in [-0.25, -0.2) is 23.1 Å². The number of amides is 1. The summed E-state index contributed by atoms with van der Waals surface area (Å²) in [6.07, 6.45) is 13.4. The minimum Gasteiger partial charge on any atom is -0.374 e. The fourth-order valence-electron chi connectivity index (χ4n) is 6.73. The highest BCUT2D eigenvalue weighted by molar-refractivity contribution is 7.89. The van der Waals surface area contributed by atoms with E-state index in [1.807, 2.05) is 4.72 Å². The lowest BCUT2D eigenvalue weighted by molar-refractivity contribution is -0.00958. The van der Waals surface area contributed by atoms with Gasteiger partial charge in [0.05, 0.1) is 46.8 Å². The lowest BCUT2D eigenvalue weighted by atomic mass is 9.83. The molecule has 1 N–H and O–H groups in total. The molecule has 0 radical (unpaired) electrons. The molecule has 12 heteroatoms. The summed E-state index contributed by atoms with van der Waals surface area (Å²) < 4.78 is 34.3. The lowest BCUT2D eigenvalue weighted by Crippen LogP contribution is -2.53. The van der Waals surface area contributed by atoms with E-state index in [0.29, 0.717) is 34.3 Å². The van der Waals surface area contributed by atoms with Crippen molar-refractivity contribution in [2.45, 2.75) is 77.0 Å². The second-order valence-corrected chi connectivity index (χ2v) is 14.1. The normalized spacial score (nSPS) is 25.2. The molecule has 220 valence electrons. The minimum absolute atomic E-state index is 0.0295. The number of rotatable bonds is 6. The fourth-order valence-corrected chi connectivity index (χ4v) is 7.35. The van der Waals surface area contributed by atoms with Crippen molar-refractivity contribution < 1.29 is 17.9 Å². The summed E-state index contributed by atoms with van der Waals surface area (Å²) >= 11 is 6.35. The number of morpholine rings is 1. The molecule has 3 aromatic rings. The Kier molecular flexibility index (Phi) is 7.95. The third-order valence-electron chi connectivity index (χ3n) is 8.76.